The maximum Gasteiger partial charge on any atom is 0.0310 e. The van der Waals surface area contributed by atoms with Crippen LogP contribution in [0.5, 0.6) is 0 Å². The summed E-state index contributed by atoms with van der Waals surface area (Å²) in [6.07, 6.45) is 30.3. The Labute approximate surface area is 185 Å². The zero-order chi connectivity index (χ0) is 20.2. The monoisotopic (exact) mass is 408 g/mol. The lowest BCUT2D eigenvalue weighted by molar-refractivity contribution is -0.108. The van der Waals surface area contributed by atoms with Gasteiger partial charge in [0.25, 0.3) is 0 Å². The molecule has 0 aromatic rings. The predicted octanol–water partition coefficient (Wildman–Crippen LogP) is 6.36. The van der Waals surface area contributed by atoms with Crippen molar-refractivity contribution in [3.63, 3.8) is 0 Å². The third-order valence-electron chi connectivity index (χ3n) is 9.07. The van der Waals surface area contributed by atoms with E-state index < -0.39 is 0 Å². The Kier molecular flexibility index (Phi) is 6.82. The maximum atomic E-state index is 2.97. The summed E-state index contributed by atoms with van der Waals surface area (Å²) in [5, 5.41) is 0. The normalized spacial score (nSPS) is 44.7. The van der Waals surface area contributed by atoms with Crippen LogP contribution in [-0.4, -0.2) is 48.6 Å². The van der Waals surface area contributed by atoms with E-state index in [1.165, 1.54) is 110 Å². The minimum atomic E-state index is 0.543. The van der Waals surface area contributed by atoms with Crippen LogP contribution in [0.2, 0.25) is 0 Å². The van der Waals surface area contributed by atoms with Gasteiger partial charge in [0.05, 0.1) is 0 Å². The Balaban J connectivity index is 1.44. The Bertz CT molecular complexity index is 662. The molecular formula is C28H44N2. The van der Waals surface area contributed by atoms with E-state index in [4.69, 9.17) is 0 Å². The van der Waals surface area contributed by atoms with Gasteiger partial charge in [-0.15, -0.1) is 0 Å². The van der Waals surface area contributed by atoms with Crippen molar-refractivity contribution in [3.8, 4) is 0 Å². The van der Waals surface area contributed by atoms with E-state index >= 15 is 0 Å². The van der Waals surface area contributed by atoms with Gasteiger partial charge in [-0.3, -0.25) is 4.90 Å². The van der Waals surface area contributed by atoms with Crippen molar-refractivity contribution < 1.29 is 0 Å². The second kappa shape index (κ2) is 9.74. The molecule has 0 aromatic carbocycles. The van der Waals surface area contributed by atoms with Crippen LogP contribution in [0.15, 0.2) is 36.0 Å². The molecule has 4 heterocycles. The van der Waals surface area contributed by atoms with Crippen molar-refractivity contribution in [1.29, 1.82) is 0 Å². The van der Waals surface area contributed by atoms with Crippen LogP contribution in [0.25, 0.3) is 0 Å². The molecule has 2 heteroatoms. The first-order valence-corrected chi connectivity index (χ1v) is 13.3. The molecule has 0 aromatic heterocycles. The van der Waals surface area contributed by atoms with Gasteiger partial charge in [-0.2, -0.15) is 0 Å². The van der Waals surface area contributed by atoms with Gasteiger partial charge >= 0.3 is 0 Å². The van der Waals surface area contributed by atoms with E-state index in [-0.39, 0.29) is 0 Å². The summed E-state index contributed by atoms with van der Waals surface area (Å²) >= 11 is 0. The zero-order valence-electron chi connectivity index (χ0n) is 19.2. The highest BCUT2D eigenvalue weighted by molar-refractivity contribution is 5.23. The molecule has 0 amide bonds. The van der Waals surface area contributed by atoms with Gasteiger partial charge in [-0.05, 0) is 101 Å². The first-order chi connectivity index (χ1) is 14.8. The molecule has 0 radical (unpaired) electrons. The molecule has 1 saturated carbocycles. The predicted molar refractivity (Wildman–Crippen MR) is 128 cm³/mol. The van der Waals surface area contributed by atoms with Crippen LogP contribution in [0, 0.1) is 17.3 Å². The molecule has 1 aliphatic carbocycles. The van der Waals surface area contributed by atoms with Gasteiger partial charge < -0.3 is 4.90 Å². The summed E-state index contributed by atoms with van der Waals surface area (Å²) in [7, 11) is 0. The summed E-state index contributed by atoms with van der Waals surface area (Å²) in [4.78, 5) is 5.89. The fourth-order valence-corrected chi connectivity index (χ4v) is 7.67. The Morgan fingerprint density at radius 3 is 2.57 bits per heavy atom. The Morgan fingerprint density at radius 1 is 0.800 bits per heavy atom. The number of allylic oxidation sites excluding steroid dienone is 5. The number of piperidine rings is 2. The maximum absolute atomic E-state index is 2.97. The molecule has 166 valence electrons. The van der Waals surface area contributed by atoms with Gasteiger partial charge in [0.15, 0.2) is 0 Å². The average molecular weight is 409 g/mol. The van der Waals surface area contributed by atoms with Crippen molar-refractivity contribution in [2.45, 2.75) is 89.5 Å². The summed E-state index contributed by atoms with van der Waals surface area (Å²) in [5.41, 5.74) is 2.35. The van der Waals surface area contributed by atoms with Gasteiger partial charge in [0, 0.05) is 25.7 Å². The van der Waals surface area contributed by atoms with Gasteiger partial charge in [0.2, 0.25) is 0 Å². The summed E-state index contributed by atoms with van der Waals surface area (Å²) in [6.45, 7) is 6.80. The molecule has 3 fully saturated rings. The number of hydrogen-bond donors (Lipinski definition) is 0. The highest BCUT2D eigenvalue weighted by Crippen LogP contribution is 2.55. The van der Waals surface area contributed by atoms with Crippen LogP contribution < -0.4 is 0 Å². The quantitative estimate of drug-likeness (QED) is 0.431. The first-order valence-electron chi connectivity index (χ1n) is 13.3. The minimum Gasteiger partial charge on any atom is -0.302 e. The summed E-state index contributed by atoms with van der Waals surface area (Å²) < 4.78 is 0. The smallest absolute Gasteiger partial charge is 0.0310 e. The van der Waals surface area contributed by atoms with E-state index in [0.29, 0.717) is 5.41 Å². The fraction of sp³-hybridized carbons (Fsp3) is 0.786. The first kappa shape index (κ1) is 21.0. The second-order valence-corrected chi connectivity index (χ2v) is 11.1. The van der Waals surface area contributed by atoms with E-state index in [1.807, 2.05) is 0 Å². The number of nitrogens with zero attached hydrogens (tertiary/aromatic N) is 2. The third kappa shape index (κ3) is 4.51. The van der Waals surface area contributed by atoms with Crippen LogP contribution in [0.3, 0.4) is 0 Å². The Morgan fingerprint density at radius 2 is 1.60 bits per heavy atom. The van der Waals surface area contributed by atoms with Crippen molar-refractivity contribution in [1.82, 2.24) is 9.80 Å². The molecular weight excluding hydrogens is 364 g/mol. The highest BCUT2D eigenvalue weighted by atomic mass is 15.2. The third-order valence-corrected chi connectivity index (χ3v) is 9.07. The molecule has 5 atom stereocenters. The van der Waals surface area contributed by atoms with Gasteiger partial charge in [-0.1, -0.05) is 48.8 Å². The van der Waals surface area contributed by atoms with E-state index in [0.717, 1.165) is 24.3 Å². The van der Waals surface area contributed by atoms with E-state index in [1.54, 1.807) is 5.57 Å². The average Bonchev–Trinajstić information content (AvgIpc) is 2.78. The Hall–Kier alpha value is -0.860. The second-order valence-electron chi connectivity index (χ2n) is 11.1. The molecule has 4 aliphatic heterocycles. The number of fused-ring (bicyclic) bond motifs is 1. The molecule has 5 rings (SSSR count). The molecule has 2 saturated heterocycles. The number of hydrogen-bond acceptors (Lipinski definition) is 2. The van der Waals surface area contributed by atoms with Crippen LogP contribution >= 0.6 is 0 Å². The SMILES string of the molecule is C1=C\CCCCN2C[C@]34CC/C=C\CCCCCCN(C[C@H]5C/C(=C/C/1)[C@H]2C[C@@H]53)C4. The van der Waals surface area contributed by atoms with Crippen molar-refractivity contribution >= 4 is 0 Å². The topological polar surface area (TPSA) is 6.48 Å². The largest absolute Gasteiger partial charge is 0.302 e. The lowest BCUT2D eigenvalue weighted by Crippen LogP contribution is -2.66. The van der Waals surface area contributed by atoms with Crippen molar-refractivity contribution in [3.05, 3.63) is 36.0 Å². The van der Waals surface area contributed by atoms with Gasteiger partial charge in [0.1, 0.15) is 0 Å². The summed E-state index contributed by atoms with van der Waals surface area (Å²) in [6, 6.07) is 0.759. The molecule has 0 N–H and O–H groups in total. The molecule has 1 spiro atoms. The lowest BCUT2D eigenvalue weighted by atomic mass is 9.54. The molecule has 30 heavy (non-hydrogen) atoms. The molecule has 1 unspecified atom stereocenters. The molecule has 2 nitrogen and oxygen atoms in total. The molecule has 4 bridgehead atoms. The van der Waals surface area contributed by atoms with Crippen LogP contribution in [0.4, 0.5) is 0 Å². The summed E-state index contributed by atoms with van der Waals surface area (Å²) in [5.74, 6) is 1.87. The van der Waals surface area contributed by atoms with Crippen molar-refractivity contribution in [2.24, 2.45) is 17.3 Å². The van der Waals surface area contributed by atoms with Gasteiger partial charge in [-0.25, -0.2) is 0 Å². The fourth-order valence-electron chi connectivity index (χ4n) is 7.67. The number of rotatable bonds is 0. The minimum absolute atomic E-state index is 0.543. The standard InChI is InChI=1S/C28H44N2/c1-2-5-9-13-17-29-21-25-19-24-15-11-7-3-6-10-14-18-30-23-28(22-29,16-12-8-4-1)26(25)20-27(24)30/h3-4,7-8,15,25-27H,1-2,5-6,9-14,16-23H2/b7-3-,8-4-,24-15-/t25-,26+,27-,28-/m1/s1. The van der Waals surface area contributed by atoms with Crippen LogP contribution in [0.1, 0.15) is 83.5 Å². The molecule has 5 aliphatic rings. The highest BCUT2D eigenvalue weighted by Gasteiger charge is 2.55. The van der Waals surface area contributed by atoms with E-state index in [9.17, 15) is 0 Å². The lowest BCUT2D eigenvalue weighted by Gasteiger charge is -2.62. The zero-order valence-corrected chi connectivity index (χ0v) is 19.2. The van der Waals surface area contributed by atoms with Crippen LogP contribution in [-0.2, 0) is 0 Å². The van der Waals surface area contributed by atoms with Crippen molar-refractivity contribution in [2.75, 3.05) is 32.7 Å². The van der Waals surface area contributed by atoms with E-state index in [2.05, 4.69) is 40.2 Å².